The van der Waals surface area contributed by atoms with Gasteiger partial charge in [0, 0.05) is 0 Å². The van der Waals surface area contributed by atoms with Crippen LogP contribution < -0.4 is 5.32 Å². The second-order valence-electron chi connectivity index (χ2n) is 5.75. The van der Waals surface area contributed by atoms with Gasteiger partial charge in [0.1, 0.15) is 0 Å². The SMILES string of the molecule is CC(C)CC(NC(=O)C(Br)C(C)C)c1ccccc1. The summed E-state index contributed by atoms with van der Waals surface area (Å²) in [5.74, 6) is 0.901. The van der Waals surface area contributed by atoms with Crippen molar-refractivity contribution < 1.29 is 4.79 Å². The summed E-state index contributed by atoms with van der Waals surface area (Å²) >= 11 is 3.46. The standard InChI is InChI=1S/C16H24BrNO/c1-11(2)10-14(13-8-6-5-7-9-13)18-16(19)15(17)12(3)4/h5-9,11-12,14-15H,10H2,1-4H3,(H,18,19). The number of benzene rings is 1. The molecule has 1 N–H and O–H groups in total. The summed E-state index contributed by atoms with van der Waals surface area (Å²) in [5.41, 5.74) is 1.17. The molecular weight excluding hydrogens is 302 g/mol. The molecule has 1 aromatic rings. The molecule has 2 atom stereocenters. The summed E-state index contributed by atoms with van der Waals surface area (Å²) in [7, 11) is 0. The van der Waals surface area contributed by atoms with Crippen LogP contribution in [0.1, 0.15) is 45.7 Å². The fourth-order valence-corrected chi connectivity index (χ4v) is 2.12. The molecule has 2 unspecified atom stereocenters. The van der Waals surface area contributed by atoms with E-state index in [1.54, 1.807) is 0 Å². The molecule has 3 heteroatoms. The van der Waals surface area contributed by atoms with Crippen LogP contribution in [-0.4, -0.2) is 10.7 Å². The summed E-state index contributed by atoms with van der Waals surface area (Å²) in [4.78, 5) is 12.1. The van der Waals surface area contributed by atoms with E-state index in [-0.39, 0.29) is 22.7 Å². The third kappa shape index (κ3) is 5.35. The molecule has 0 aliphatic rings. The van der Waals surface area contributed by atoms with Crippen molar-refractivity contribution >= 4 is 21.8 Å². The third-order valence-electron chi connectivity index (χ3n) is 3.06. The highest BCUT2D eigenvalue weighted by Crippen LogP contribution is 2.22. The van der Waals surface area contributed by atoms with Gasteiger partial charge in [0.25, 0.3) is 0 Å². The number of hydrogen-bond donors (Lipinski definition) is 1. The van der Waals surface area contributed by atoms with E-state index >= 15 is 0 Å². The minimum atomic E-state index is -0.133. The fourth-order valence-electron chi connectivity index (χ4n) is 1.99. The van der Waals surface area contributed by atoms with Crippen molar-refractivity contribution in [3.63, 3.8) is 0 Å². The van der Waals surface area contributed by atoms with Crippen LogP contribution >= 0.6 is 15.9 Å². The molecule has 0 spiro atoms. The Labute approximate surface area is 125 Å². The predicted molar refractivity (Wildman–Crippen MR) is 84.3 cm³/mol. The monoisotopic (exact) mass is 325 g/mol. The van der Waals surface area contributed by atoms with Gasteiger partial charge in [0.05, 0.1) is 10.9 Å². The van der Waals surface area contributed by atoms with Gasteiger partial charge >= 0.3 is 0 Å². The Balaban J connectivity index is 2.79. The first-order valence-corrected chi connectivity index (χ1v) is 7.82. The number of carbonyl (C=O) groups is 1. The highest BCUT2D eigenvalue weighted by atomic mass is 79.9. The number of hydrogen-bond acceptors (Lipinski definition) is 1. The summed E-state index contributed by atoms with van der Waals surface area (Å²) in [6.45, 7) is 8.43. The number of carbonyl (C=O) groups excluding carboxylic acids is 1. The molecule has 0 fully saturated rings. The summed E-state index contributed by atoms with van der Waals surface area (Å²) in [5, 5.41) is 3.16. The molecule has 0 aliphatic carbocycles. The van der Waals surface area contributed by atoms with E-state index in [9.17, 15) is 4.79 Å². The molecular formula is C16H24BrNO. The molecule has 0 radical (unpaired) electrons. The summed E-state index contributed by atoms with van der Waals surface area (Å²) in [6.07, 6.45) is 0.952. The van der Waals surface area contributed by atoms with Gasteiger partial charge in [-0.3, -0.25) is 4.79 Å². The van der Waals surface area contributed by atoms with E-state index < -0.39 is 0 Å². The Morgan fingerprint density at radius 2 is 1.74 bits per heavy atom. The largest absolute Gasteiger partial charge is 0.348 e. The van der Waals surface area contributed by atoms with Crippen LogP contribution in [0, 0.1) is 11.8 Å². The lowest BCUT2D eigenvalue weighted by Crippen LogP contribution is -2.37. The van der Waals surface area contributed by atoms with E-state index in [2.05, 4.69) is 47.2 Å². The average Bonchev–Trinajstić information content (AvgIpc) is 2.37. The van der Waals surface area contributed by atoms with Crippen LogP contribution in [0.3, 0.4) is 0 Å². The number of amides is 1. The number of halogens is 1. The van der Waals surface area contributed by atoms with E-state index in [1.165, 1.54) is 5.56 Å². The van der Waals surface area contributed by atoms with Crippen molar-refractivity contribution in [1.82, 2.24) is 5.32 Å². The zero-order valence-electron chi connectivity index (χ0n) is 12.2. The molecule has 2 nitrogen and oxygen atoms in total. The highest BCUT2D eigenvalue weighted by Gasteiger charge is 2.22. The van der Waals surface area contributed by atoms with E-state index in [1.807, 2.05) is 32.0 Å². The molecule has 0 saturated heterocycles. The first kappa shape index (κ1) is 16.2. The first-order valence-electron chi connectivity index (χ1n) is 6.91. The van der Waals surface area contributed by atoms with Gasteiger partial charge in [-0.15, -0.1) is 0 Å². The van der Waals surface area contributed by atoms with E-state index in [4.69, 9.17) is 0 Å². The quantitative estimate of drug-likeness (QED) is 0.776. The number of nitrogens with one attached hydrogen (secondary N) is 1. The Morgan fingerprint density at radius 3 is 2.21 bits per heavy atom. The van der Waals surface area contributed by atoms with Crippen molar-refractivity contribution in [1.29, 1.82) is 0 Å². The molecule has 1 aromatic carbocycles. The molecule has 0 bridgehead atoms. The van der Waals surface area contributed by atoms with Crippen LogP contribution in [-0.2, 0) is 4.79 Å². The van der Waals surface area contributed by atoms with E-state index in [0.717, 1.165) is 6.42 Å². The van der Waals surface area contributed by atoms with Gasteiger partial charge in [-0.05, 0) is 23.8 Å². The van der Waals surface area contributed by atoms with Crippen molar-refractivity contribution in [2.45, 2.75) is 45.0 Å². The Bertz CT molecular complexity index is 389. The van der Waals surface area contributed by atoms with Crippen LogP contribution in [0.4, 0.5) is 0 Å². The van der Waals surface area contributed by atoms with Gasteiger partial charge in [0.15, 0.2) is 0 Å². The normalized spacial score (nSPS) is 14.5. The van der Waals surface area contributed by atoms with Crippen molar-refractivity contribution in [2.24, 2.45) is 11.8 Å². The Morgan fingerprint density at radius 1 is 1.16 bits per heavy atom. The molecule has 19 heavy (non-hydrogen) atoms. The molecule has 106 valence electrons. The van der Waals surface area contributed by atoms with Crippen molar-refractivity contribution in [3.8, 4) is 0 Å². The lowest BCUT2D eigenvalue weighted by molar-refractivity contribution is -0.121. The minimum Gasteiger partial charge on any atom is -0.348 e. The summed E-state index contributed by atoms with van der Waals surface area (Å²) in [6, 6.07) is 10.3. The lowest BCUT2D eigenvalue weighted by Gasteiger charge is -2.23. The minimum absolute atomic E-state index is 0.0736. The molecule has 0 aromatic heterocycles. The van der Waals surface area contributed by atoms with Crippen LogP contribution in [0.2, 0.25) is 0 Å². The van der Waals surface area contributed by atoms with Crippen molar-refractivity contribution in [3.05, 3.63) is 35.9 Å². The molecule has 0 heterocycles. The zero-order valence-corrected chi connectivity index (χ0v) is 13.8. The molecule has 0 saturated carbocycles. The smallest absolute Gasteiger partial charge is 0.234 e. The van der Waals surface area contributed by atoms with Crippen molar-refractivity contribution in [2.75, 3.05) is 0 Å². The maximum atomic E-state index is 12.2. The third-order valence-corrected chi connectivity index (χ3v) is 4.53. The second-order valence-corrected chi connectivity index (χ2v) is 6.73. The number of alkyl halides is 1. The second kappa shape index (κ2) is 7.68. The highest BCUT2D eigenvalue weighted by molar-refractivity contribution is 9.10. The Hall–Kier alpha value is -0.830. The summed E-state index contributed by atoms with van der Waals surface area (Å²) < 4.78 is 0. The van der Waals surface area contributed by atoms with Crippen LogP contribution in [0.5, 0.6) is 0 Å². The first-order chi connectivity index (χ1) is 8.91. The van der Waals surface area contributed by atoms with Gasteiger partial charge in [-0.1, -0.05) is 74.0 Å². The topological polar surface area (TPSA) is 29.1 Å². The predicted octanol–water partition coefficient (Wildman–Crippen LogP) is 4.31. The zero-order chi connectivity index (χ0) is 14.4. The average molecular weight is 326 g/mol. The van der Waals surface area contributed by atoms with Gasteiger partial charge in [-0.2, -0.15) is 0 Å². The fraction of sp³-hybridized carbons (Fsp3) is 0.562. The van der Waals surface area contributed by atoms with Crippen LogP contribution in [0.15, 0.2) is 30.3 Å². The van der Waals surface area contributed by atoms with Gasteiger partial charge in [0.2, 0.25) is 5.91 Å². The lowest BCUT2D eigenvalue weighted by atomic mass is 9.96. The van der Waals surface area contributed by atoms with Crippen LogP contribution in [0.25, 0.3) is 0 Å². The van der Waals surface area contributed by atoms with E-state index in [0.29, 0.717) is 5.92 Å². The molecule has 1 rings (SSSR count). The molecule has 0 aliphatic heterocycles. The maximum absolute atomic E-state index is 12.2. The molecule has 1 amide bonds. The Kier molecular flexibility index (Phi) is 6.56. The van der Waals surface area contributed by atoms with Gasteiger partial charge in [-0.25, -0.2) is 0 Å². The maximum Gasteiger partial charge on any atom is 0.234 e. The number of rotatable bonds is 6. The van der Waals surface area contributed by atoms with Gasteiger partial charge < -0.3 is 5.32 Å².